The highest BCUT2D eigenvalue weighted by Crippen LogP contribution is 2.40. The zero-order valence-corrected chi connectivity index (χ0v) is 11.0. The van der Waals surface area contributed by atoms with Gasteiger partial charge in [-0.1, -0.05) is 17.7 Å². The fourth-order valence-corrected chi connectivity index (χ4v) is 2.86. The Balaban J connectivity index is 2.35. The van der Waals surface area contributed by atoms with Crippen LogP contribution in [0.1, 0.15) is 27.9 Å². The summed E-state index contributed by atoms with van der Waals surface area (Å²) in [5.74, 6) is -2.26. The lowest BCUT2D eigenvalue weighted by atomic mass is 9.72. The first kappa shape index (κ1) is 12.5. The topological polar surface area (TPSA) is 83.6 Å². The van der Waals surface area contributed by atoms with Crippen LogP contribution in [-0.2, 0) is 19.8 Å². The summed E-state index contributed by atoms with van der Waals surface area (Å²) < 4.78 is 0. The van der Waals surface area contributed by atoms with Crippen molar-refractivity contribution in [2.75, 3.05) is 7.05 Å². The molecule has 6 heteroatoms. The van der Waals surface area contributed by atoms with Gasteiger partial charge in [-0.2, -0.15) is 0 Å². The van der Waals surface area contributed by atoms with Crippen molar-refractivity contribution in [2.24, 2.45) is 0 Å². The van der Waals surface area contributed by atoms with Gasteiger partial charge < -0.3 is 0 Å². The van der Waals surface area contributed by atoms with Gasteiger partial charge in [0.25, 0.3) is 5.91 Å². The number of nitrogens with zero attached hydrogens (tertiary/aromatic N) is 1. The van der Waals surface area contributed by atoms with E-state index in [1.165, 1.54) is 7.05 Å². The molecule has 4 amide bonds. The number of aryl methyl sites for hydroxylation is 1. The van der Waals surface area contributed by atoms with E-state index in [1.54, 1.807) is 25.1 Å². The average molecular weight is 272 g/mol. The van der Waals surface area contributed by atoms with E-state index in [1.807, 2.05) is 0 Å². The zero-order valence-electron chi connectivity index (χ0n) is 11.0. The van der Waals surface area contributed by atoms with Crippen molar-refractivity contribution in [2.45, 2.75) is 18.8 Å². The fourth-order valence-electron chi connectivity index (χ4n) is 2.86. The number of amides is 4. The molecule has 3 rings (SSSR count). The van der Waals surface area contributed by atoms with Gasteiger partial charge in [0.2, 0.25) is 17.7 Å². The van der Waals surface area contributed by atoms with Crippen LogP contribution in [0.5, 0.6) is 0 Å². The minimum absolute atomic E-state index is 0.251. The third-order valence-corrected chi connectivity index (χ3v) is 3.91. The van der Waals surface area contributed by atoms with Gasteiger partial charge in [-0.15, -0.1) is 0 Å². The molecule has 0 aromatic heterocycles. The first-order valence-corrected chi connectivity index (χ1v) is 6.16. The van der Waals surface area contributed by atoms with E-state index in [2.05, 4.69) is 5.32 Å². The molecule has 0 saturated carbocycles. The molecule has 1 fully saturated rings. The Morgan fingerprint density at radius 1 is 1.20 bits per heavy atom. The summed E-state index contributed by atoms with van der Waals surface area (Å²) >= 11 is 0. The molecule has 1 aromatic rings. The van der Waals surface area contributed by atoms with Gasteiger partial charge in [0, 0.05) is 12.6 Å². The molecule has 6 nitrogen and oxygen atoms in total. The average Bonchev–Trinajstić information content (AvgIpc) is 2.70. The van der Waals surface area contributed by atoms with Gasteiger partial charge in [0.15, 0.2) is 5.41 Å². The third-order valence-electron chi connectivity index (χ3n) is 3.91. The number of benzene rings is 1. The molecule has 1 saturated heterocycles. The Morgan fingerprint density at radius 2 is 1.90 bits per heavy atom. The van der Waals surface area contributed by atoms with Gasteiger partial charge in [-0.25, -0.2) is 0 Å². The molecule has 0 aliphatic carbocycles. The van der Waals surface area contributed by atoms with Crippen LogP contribution in [-0.4, -0.2) is 35.6 Å². The minimum atomic E-state index is -1.60. The Morgan fingerprint density at radius 3 is 2.50 bits per heavy atom. The van der Waals surface area contributed by atoms with Crippen LogP contribution in [0.3, 0.4) is 0 Å². The predicted molar refractivity (Wildman–Crippen MR) is 67.7 cm³/mol. The van der Waals surface area contributed by atoms with Crippen molar-refractivity contribution in [1.29, 1.82) is 0 Å². The number of imide groups is 2. The van der Waals surface area contributed by atoms with E-state index in [0.717, 1.165) is 10.5 Å². The summed E-state index contributed by atoms with van der Waals surface area (Å²) in [5, 5.41) is 2.17. The molecule has 2 heterocycles. The van der Waals surface area contributed by atoms with Crippen LogP contribution in [0.25, 0.3) is 0 Å². The van der Waals surface area contributed by atoms with E-state index < -0.39 is 29.0 Å². The predicted octanol–water partition coefficient (Wildman–Crippen LogP) is -0.108. The molecule has 102 valence electrons. The number of hydrogen-bond donors (Lipinski definition) is 1. The molecule has 1 unspecified atom stereocenters. The van der Waals surface area contributed by atoms with E-state index in [4.69, 9.17) is 0 Å². The van der Waals surface area contributed by atoms with Crippen molar-refractivity contribution in [3.63, 3.8) is 0 Å². The number of fused-ring (bicyclic) bond motifs is 2. The van der Waals surface area contributed by atoms with Crippen molar-refractivity contribution in [3.05, 3.63) is 34.9 Å². The SMILES string of the molecule is Cc1ccc2c(c1)C1(CC(=O)NC1=O)C(=O)N(C)C2=O. The molecule has 1 N–H and O–H groups in total. The summed E-state index contributed by atoms with van der Waals surface area (Å²) in [6, 6.07) is 4.97. The molecule has 2 aliphatic rings. The quantitative estimate of drug-likeness (QED) is 0.527. The Labute approximate surface area is 114 Å². The second-order valence-electron chi connectivity index (χ2n) is 5.18. The van der Waals surface area contributed by atoms with Gasteiger partial charge in [-0.3, -0.25) is 29.4 Å². The first-order valence-electron chi connectivity index (χ1n) is 6.16. The Hall–Kier alpha value is -2.50. The van der Waals surface area contributed by atoms with E-state index in [9.17, 15) is 19.2 Å². The maximum Gasteiger partial charge on any atom is 0.260 e. The summed E-state index contributed by atoms with van der Waals surface area (Å²) in [4.78, 5) is 49.3. The van der Waals surface area contributed by atoms with E-state index in [-0.39, 0.29) is 6.42 Å². The molecule has 1 atom stereocenters. The maximum absolute atomic E-state index is 12.5. The molecular formula is C14H12N2O4. The number of hydrogen-bond acceptors (Lipinski definition) is 4. The molecule has 1 spiro atoms. The maximum atomic E-state index is 12.5. The standard InChI is InChI=1S/C14H12N2O4/c1-7-3-4-8-9(5-7)14(6-10(17)15-12(14)19)13(20)16(2)11(8)18/h3-5H,6H2,1-2H3,(H,15,17,19). The van der Waals surface area contributed by atoms with Crippen LogP contribution in [0.15, 0.2) is 18.2 Å². The van der Waals surface area contributed by atoms with Crippen molar-refractivity contribution in [1.82, 2.24) is 10.2 Å². The second-order valence-corrected chi connectivity index (χ2v) is 5.18. The summed E-state index contributed by atoms with van der Waals surface area (Å²) in [6.07, 6.45) is -0.251. The van der Waals surface area contributed by atoms with Gasteiger partial charge in [0.05, 0.1) is 6.42 Å². The Kier molecular flexibility index (Phi) is 2.35. The molecule has 20 heavy (non-hydrogen) atoms. The van der Waals surface area contributed by atoms with Crippen LogP contribution >= 0.6 is 0 Å². The number of likely N-dealkylation sites (N-methyl/N-ethyl adjacent to an activating group) is 1. The van der Waals surface area contributed by atoms with Crippen LogP contribution in [0.2, 0.25) is 0 Å². The highest BCUT2D eigenvalue weighted by Gasteiger charge is 2.59. The molecule has 1 aromatic carbocycles. The largest absolute Gasteiger partial charge is 0.295 e. The van der Waals surface area contributed by atoms with Gasteiger partial charge in [-0.05, 0) is 18.6 Å². The monoisotopic (exact) mass is 272 g/mol. The van der Waals surface area contributed by atoms with Crippen molar-refractivity contribution in [3.8, 4) is 0 Å². The van der Waals surface area contributed by atoms with E-state index in [0.29, 0.717) is 11.1 Å². The zero-order chi connectivity index (χ0) is 14.7. The van der Waals surface area contributed by atoms with Crippen LogP contribution < -0.4 is 5.32 Å². The van der Waals surface area contributed by atoms with Crippen molar-refractivity contribution < 1.29 is 19.2 Å². The highest BCUT2D eigenvalue weighted by atomic mass is 16.2. The van der Waals surface area contributed by atoms with Crippen LogP contribution in [0.4, 0.5) is 0 Å². The highest BCUT2D eigenvalue weighted by molar-refractivity contribution is 6.27. The number of carbonyl (C=O) groups is 4. The molecular weight excluding hydrogens is 260 g/mol. The Bertz CT molecular complexity index is 694. The fraction of sp³-hybridized carbons (Fsp3) is 0.286. The lowest BCUT2D eigenvalue weighted by Gasteiger charge is -2.35. The molecule has 0 bridgehead atoms. The van der Waals surface area contributed by atoms with Gasteiger partial charge >= 0.3 is 0 Å². The normalized spacial score (nSPS) is 25.2. The van der Waals surface area contributed by atoms with Gasteiger partial charge in [0.1, 0.15) is 0 Å². The summed E-state index contributed by atoms with van der Waals surface area (Å²) in [6.45, 7) is 1.80. The summed E-state index contributed by atoms with van der Waals surface area (Å²) in [7, 11) is 1.32. The van der Waals surface area contributed by atoms with Crippen LogP contribution in [0, 0.1) is 6.92 Å². The minimum Gasteiger partial charge on any atom is -0.295 e. The third kappa shape index (κ3) is 1.33. The molecule has 2 aliphatic heterocycles. The number of carbonyl (C=O) groups excluding carboxylic acids is 4. The summed E-state index contributed by atoms with van der Waals surface area (Å²) in [5.41, 5.74) is -0.155. The first-order chi connectivity index (χ1) is 9.37. The lowest BCUT2D eigenvalue weighted by Crippen LogP contribution is -2.56. The smallest absolute Gasteiger partial charge is 0.260 e. The second kappa shape index (κ2) is 3.75. The van der Waals surface area contributed by atoms with E-state index >= 15 is 0 Å². The van der Waals surface area contributed by atoms with Crippen molar-refractivity contribution >= 4 is 23.6 Å². The number of nitrogens with one attached hydrogen (secondary N) is 1. The molecule has 0 radical (unpaired) electrons. The lowest BCUT2D eigenvalue weighted by molar-refractivity contribution is -0.140. The number of rotatable bonds is 0.